The number of rotatable bonds is 2. The third-order valence-electron chi connectivity index (χ3n) is 2.69. The van der Waals surface area contributed by atoms with Gasteiger partial charge in [0, 0.05) is 18.6 Å². The van der Waals surface area contributed by atoms with Crippen LogP contribution in [0.3, 0.4) is 0 Å². The van der Waals surface area contributed by atoms with Crippen molar-refractivity contribution in [1.29, 1.82) is 0 Å². The Morgan fingerprint density at radius 3 is 2.94 bits per heavy atom. The molecule has 0 radical (unpaired) electrons. The number of halogens is 1. The third kappa shape index (κ3) is 1.76. The number of carbonyl (C=O) groups excluding carboxylic acids is 1. The maximum atomic E-state index is 12.2. The molecule has 0 spiro atoms. The molecule has 0 amide bonds. The zero-order chi connectivity index (χ0) is 12.7. The lowest BCUT2D eigenvalue weighted by atomic mass is 10.2. The van der Waals surface area contributed by atoms with Crippen LogP contribution >= 0.6 is 15.9 Å². The van der Waals surface area contributed by atoms with Crippen molar-refractivity contribution in [2.45, 2.75) is 0 Å². The number of fused-ring (bicyclic) bond motifs is 1. The lowest BCUT2D eigenvalue weighted by molar-refractivity contribution is 0.101. The second kappa shape index (κ2) is 4.10. The lowest BCUT2D eigenvalue weighted by Gasteiger charge is -1.92. The summed E-state index contributed by atoms with van der Waals surface area (Å²) in [5, 5.41) is 4.88. The summed E-state index contributed by atoms with van der Waals surface area (Å²) >= 11 is 3.40. The minimum absolute atomic E-state index is 0.161. The predicted molar refractivity (Wildman–Crippen MR) is 70.6 cm³/mol. The van der Waals surface area contributed by atoms with Gasteiger partial charge in [0.25, 0.3) is 0 Å². The molecule has 18 heavy (non-hydrogen) atoms. The molecule has 0 unspecified atom stereocenters. The van der Waals surface area contributed by atoms with Crippen molar-refractivity contribution < 1.29 is 9.21 Å². The van der Waals surface area contributed by atoms with Gasteiger partial charge in [-0.1, -0.05) is 12.1 Å². The van der Waals surface area contributed by atoms with Gasteiger partial charge >= 0.3 is 0 Å². The average molecular weight is 305 g/mol. The van der Waals surface area contributed by atoms with Crippen molar-refractivity contribution in [3.05, 3.63) is 52.5 Å². The highest BCUT2D eigenvalue weighted by molar-refractivity contribution is 9.10. The SMILES string of the molecule is Cn1cc(C(=O)c2cc3cccc(Br)c3o2)cn1. The second-order valence-electron chi connectivity index (χ2n) is 4.00. The summed E-state index contributed by atoms with van der Waals surface area (Å²) in [6.07, 6.45) is 3.20. The zero-order valence-corrected chi connectivity index (χ0v) is 11.1. The second-order valence-corrected chi connectivity index (χ2v) is 4.85. The Balaban J connectivity index is 2.10. The molecular weight excluding hydrogens is 296 g/mol. The number of hydrogen-bond acceptors (Lipinski definition) is 3. The molecule has 2 aromatic heterocycles. The summed E-state index contributed by atoms with van der Waals surface area (Å²) in [5.41, 5.74) is 1.21. The van der Waals surface area contributed by atoms with E-state index in [-0.39, 0.29) is 5.78 Å². The maximum Gasteiger partial charge on any atom is 0.231 e. The molecule has 0 fully saturated rings. The summed E-state index contributed by atoms with van der Waals surface area (Å²) in [6, 6.07) is 7.43. The summed E-state index contributed by atoms with van der Waals surface area (Å²) in [7, 11) is 1.77. The third-order valence-corrected chi connectivity index (χ3v) is 3.31. The van der Waals surface area contributed by atoms with Crippen LogP contribution in [0.5, 0.6) is 0 Å². The highest BCUT2D eigenvalue weighted by atomic mass is 79.9. The van der Waals surface area contributed by atoms with E-state index in [4.69, 9.17) is 4.42 Å². The van der Waals surface area contributed by atoms with Crippen LogP contribution in [0.25, 0.3) is 11.0 Å². The molecular formula is C13H9BrN2O2. The van der Waals surface area contributed by atoms with Crippen LogP contribution in [0, 0.1) is 0 Å². The first-order valence-corrected chi connectivity index (χ1v) is 6.16. The first-order chi connectivity index (χ1) is 8.65. The Labute approximate surface area is 111 Å². The van der Waals surface area contributed by atoms with Crippen LogP contribution in [0.4, 0.5) is 0 Å². The van der Waals surface area contributed by atoms with Crippen molar-refractivity contribution in [1.82, 2.24) is 9.78 Å². The predicted octanol–water partition coefficient (Wildman–Crippen LogP) is 3.16. The van der Waals surface area contributed by atoms with Crippen molar-refractivity contribution in [3.8, 4) is 0 Å². The molecule has 3 aromatic rings. The number of aryl methyl sites for hydroxylation is 1. The summed E-state index contributed by atoms with van der Waals surface area (Å²) in [6.45, 7) is 0. The van der Waals surface area contributed by atoms with Crippen LogP contribution in [0.15, 0.2) is 45.5 Å². The van der Waals surface area contributed by atoms with E-state index >= 15 is 0 Å². The highest BCUT2D eigenvalue weighted by Crippen LogP contribution is 2.27. The summed E-state index contributed by atoms with van der Waals surface area (Å²) in [5.74, 6) is 0.163. The number of furan rings is 1. The molecule has 0 aliphatic rings. The summed E-state index contributed by atoms with van der Waals surface area (Å²) in [4.78, 5) is 12.2. The Kier molecular flexibility index (Phi) is 2.56. The van der Waals surface area contributed by atoms with E-state index in [1.807, 2.05) is 18.2 Å². The van der Waals surface area contributed by atoms with E-state index in [9.17, 15) is 4.79 Å². The maximum absolute atomic E-state index is 12.2. The normalized spacial score (nSPS) is 11.0. The van der Waals surface area contributed by atoms with Crippen molar-refractivity contribution in [2.24, 2.45) is 7.05 Å². The van der Waals surface area contributed by atoms with Gasteiger partial charge in [-0.25, -0.2) is 0 Å². The van der Waals surface area contributed by atoms with E-state index < -0.39 is 0 Å². The lowest BCUT2D eigenvalue weighted by Crippen LogP contribution is -1.97. The fourth-order valence-electron chi connectivity index (χ4n) is 1.82. The molecule has 0 aliphatic carbocycles. The van der Waals surface area contributed by atoms with Crippen LogP contribution in [-0.4, -0.2) is 15.6 Å². The van der Waals surface area contributed by atoms with Crippen LogP contribution in [0.1, 0.15) is 16.1 Å². The van der Waals surface area contributed by atoms with Gasteiger partial charge in [-0.15, -0.1) is 0 Å². The smallest absolute Gasteiger partial charge is 0.231 e. The number of aromatic nitrogens is 2. The number of nitrogens with zero attached hydrogens (tertiary/aromatic N) is 2. The Bertz CT molecular complexity index is 742. The zero-order valence-electron chi connectivity index (χ0n) is 9.55. The molecule has 1 aromatic carbocycles. The Morgan fingerprint density at radius 2 is 2.28 bits per heavy atom. The van der Waals surface area contributed by atoms with E-state index in [1.54, 1.807) is 24.0 Å². The molecule has 0 saturated carbocycles. The quantitative estimate of drug-likeness (QED) is 0.683. The van der Waals surface area contributed by atoms with Gasteiger partial charge in [0.05, 0.1) is 16.2 Å². The number of hydrogen-bond donors (Lipinski definition) is 0. The van der Waals surface area contributed by atoms with Gasteiger partial charge in [-0.2, -0.15) is 5.10 Å². The monoisotopic (exact) mass is 304 g/mol. The molecule has 0 aliphatic heterocycles. The highest BCUT2D eigenvalue weighted by Gasteiger charge is 2.16. The molecule has 5 heteroatoms. The molecule has 4 nitrogen and oxygen atoms in total. The minimum Gasteiger partial charge on any atom is -0.451 e. The molecule has 0 bridgehead atoms. The number of para-hydroxylation sites is 1. The van der Waals surface area contributed by atoms with E-state index in [0.717, 1.165) is 9.86 Å². The van der Waals surface area contributed by atoms with Gasteiger partial charge in [0.15, 0.2) is 5.76 Å². The van der Waals surface area contributed by atoms with Crippen LogP contribution < -0.4 is 0 Å². The fourth-order valence-corrected chi connectivity index (χ4v) is 2.28. The van der Waals surface area contributed by atoms with Gasteiger partial charge in [-0.05, 0) is 28.1 Å². The van der Waals surface area contributed by atoms with Gasteiger partial charge < -0.3 is 4.42 Å². The van der Waals surface area contributed by atoms with E-state index in [2.05, 4.69) is 21.0 Å². The Morgan fingerprint density at radius 1 is 1.44 bits per heavy atom. The first kappa shape index (κ1) is 11.2. The molecule has 0 N–H and O–H groups in total. The molecule has 90 valence electrons. The van der Waals surface area contributed by atoms with Gasteiger partial charge in [0.2, 0.25) is 5.78 Å². The fraction of sp³-hybridized carbons (Fsp3) is 0.0769. The standard InChI is InChI=1S/C13H9BrN2O2/c1-16-7-9(6-15-16)12(17)11-5-8-3-2-4-10(14)13(8)18-11/h2-7H,1H3. The first-order valence-electron chi connectivity index (χ1n) is 5.36. The topological polar surface area (TPSA) is 48.0 Å². The van der Waals surface area contributed by atoms with E-state index in [1.165, 1.54) is 6.20 Å². The minimum atomic E-state index is -0.161. The number of benzene rings is 1. The van der Waals surface area contributed by atoms with Crippen LogP contribution in [0.2, 0.25) is 0 Å². The van der Waals surface area contributed by atoms with Gasteiger partial charge in [0.1, 0.15) is 5.58 Å². The molecule has 0 saturated heterocycles. The molecule has 3 rings (SSSR count). The largest absolute Gasteiger partial charge is 0.451 e. The van der Waals surface area contributed by atoms with E-state index in [0.29, 0.717) is 16.9 Å². The van der Waals surface area contributed by atoms with Crippen molar-refractivity contribution in [2.75, 3.05) is 0 Å². The number of carbonyl (C=O) groups is 1. The molecule has 2 heterocycles. The average Bonchev–Trinajstić information content (AvgIpc) is 2.95. The Hall–Kier alpha value is -1.88. The molecule has 0 atom stereocenters. The van der Waals surface area contributed by atoms with Crippen LogP contribution in [-0.2, 0) is 7.05 Å². The number of ketones is 1. The van der Waals surface area contributed by atoms with Crippen molar-refractivity contribution in [3.63, 3.8) is 0 Å². The van der Waals surface area contributed by atoms with Gasteiger partial charge in [-0.3, -0.25) is 9.48 Å². The van der Waals surface area contributed by atoms with Crippen molar-refractivity contribution >= 4 is 32.7 Å². The summed E-state index contributed by atoms with van der Waals surface area (Å²) < 4.78 is 8.02.